The fourth-order valence-corrected chi connectivity index (χ4v) is 3.72. The van der Waals surface area contributed by atoms with Crippen LogP contribution in [-0.2, 0) is 0 Å². The number of nitrogens with one attached hydrogen (secondary N) is 2. The summed E-state index contributed by atoms with van der Waals surface area (Å²) in [5.74, 6) is -0.00962. The van der Waals surface area contributed by atoms with E-state index in [2.05, 4.69) is 10.6 Å². The molecule has 166 valence electrons. The lowest BCUT2D eigenvalue weighted by Gasteiger charge is -2.13. The maximum atomic E-state index is 12.5. The van der Waals surface area contributed by atoms with E-state index in [1.165, 1.54) is 19.2 Å². The Morgan fingerprint density at radius 1 is 0.970 bits per heavy atom. The van der Waals surface area contributed by atoms with Crippen molar-refractivity contribution in [2.45, 2.75) is 0 Å². The SMILES string of the molecule is COc1cc(NC(=S)NC(=O)c2ccc(Cl)c(Cl)c2)ccc1-c1cc2ccccc2oc1=O. The van der Waals surface area contributed by atoms with E-state index in [9.17, 15) is 9.59 Å². The average Bonchev–Trinajstić information content (AvgIpc) is 2.80. The fraction of sp³-hybridized carbons (Fsp3) is 0.0417. The highest BCUT2D eigenvalue weighted by Crippen LogP contribution is 2.32. The lowest BCUT2D eigenvalue weighted by atomic mass is 10.0. The number of fused-ring (bicyclic) bond motifs is 1. The van der Waals surface area contributed by atoms with Crippen LogP contribution in [-0.4, -0.2) is 18.1 Å². The molecule has 0 aliphatic heterocycles. The number of rotatable bonds is 4. The molecule has 4 rings (SSSR count). The molecule has 0 bridgehead atoms. The highest BCUT2D eigenvalue weighted by molar-refractivity contribution is 7.80. The van der Waals surface area contributed by atoms with Crippen molar-refractivity contribution in [3.8, 4) is 16.9 Å². The number of ether oxygens (including phenoxy) is 1. The lowest BCUT2D eigenvalue weighted by molar-refractivity contribution is 0.0977. The van der Waals surface area contributed by atoms with Gasteiger partial charge in [0.15, 0.2) is 5.11 Å². The number of methoxy groups -OCH3 is 1. The predicted molar refractivity (Wildman–Crippen MR) is 135 cm³/mol. The third kappa shape index (κ3) is 5.01. The molecule has 1 aromatic heterocycles. The summed E-state index contributed by atoms with van der Waals surface area (Å²) >= 11 is 17.1. The largest absolute Gasteiger partial charge is 0.496 e. The van der Waals surface area contributed by atoms with Crippen molar-refractivity contribution >= 4 is 63.1 Å². The molecule has 0 spiro atoms. The van der Waals surface area contributed by atoms with Crippen LogP contribution in [0.3, 0.4) is 0 Å². The highest BCUT2D eigenvalue weighted by Gasteiger charge is 2.15. The minimum atomic E-state index is -0.475. The first kappa shape index (κ1) is 22.8. The van der Waals surface area contributed by atoms with Gasteiger partial charge in [0, 0.05) is 28.3 Å². The fourth-order valence-electron chi connectivity index (χ4n) is 3.22. The van der Waals surface area contributed by atoms with E-state index in [1.54, 1.807) is 42.5 Å². The number of hydrogen-bond donors (Lipinski definition) is 2. The van der Waals surface area contributed by atoms with Gasteiger partial charge in [-0.25, -0.2) is 4.79 Å². The van der Waals surface area contributed by atoms with E-state index in [1.807, 2.05) is 12.1 Å². The maximum absolute atomic E-state index is 12.5. The molecule has 3 aromatic carbocycles. The van der Waals surface area contributed by atoms with Gasteiger partial charge >= 0.3 is 5.63 Å². The number of halogens is 2. The van der Waals surface area contributed by atoms with Gasteiger partial charge in [-0.05, 0) is 54.7 Å². The Labute approximate surface area is 204 Å². The van der Waals surface area contributed by atoms with Crippen LogP contribution in [0, 0.1) is 0 Å². The number of carbonyl (C=O) groups excluding carboxylic acids is 1. The van der Waals surface area contributed by atoms with Crippen LogP contribution in [0.4, 0.5) is 5.69 Å². The van der Waals surface area contributed by atoms with Crippen LogP contribution in [0.1, 0.15) is 10.4 Å². The molecule has 4 aromatic rings. The molecule has 0 aliphatic rings. The first-order valence-corrected chi connectivity index (χ1v) is 10.8. The number of amides is 1. The number of benzene rings is 3. The molecule has 0 saturated carbocycles. The van der Waals surface area contributed by atoms with Crippen molar-refractivity contribution in [2.24, 2.45) is 0 Å². The van der Waals surface area contributed by atoms with E-state index in [0.717, 1.165) is 5.39 Å². The first-order valence-electron chi connectivity index (χ1n) is 9.64. The molecule has 0 aliphatic carbocycles. The van der Waals surface area contributed by atoms with Crippen molar-refractivity contribution in [3.63, 3.8) is 0 Å². The summed E-state index contributed by atoms with van der Waals surface area (Å²) in [5.41, 5.74) is 1.83. The zero-order chi connectivity index (χ0) is 23.5. The molecule has 0 unspecified atom stereocenters. The third-order valence-electron chi connectivity index (χ3n) is 4.80. The Kier molecular flexibility index (Phi) is 6.65. The van der Waals surface area contributed by atoms with Crippen LogP contribution in [0.15, 0.2) is 75.9 Å². The Bertz CT molecular complexity index is 1450. The maximum Gasteiger partial charge on any atom is 0.344 e. The van der Waals surface area contributed by atoms with Crippen molar-refractivity contribution < 1.29 is 13.9 Å². The van der Waals surface area contributed by atoms with Crippen molar-refractivity contribution in [1.29, 1.82) is 0 Å². The smallest absolute Gasteiger partial charge is 0.344 e. The van der Waals surface area contributed by atoms with Crippen molar-refractivity contribution in [3.05, 3.63) is 92.8 Å². The molecule has 0 fully saturated rings. The summed E-state index contributed by atoms with van der Waals surface area (Å²) in [4.78, 5) is 24.9. The van der Waals surface area contributed by atoms with Gasteiger partial charge in [0.25, 0.3) is 5.91 Å². The van der Waals surface area contributed by atoms with Gasteiger partial charge in [-0.3, -0.25) is 10.1 Å². The Balaban J connectivity index is 1.55. The van der Waals surface area contributed by atoms with Crippen molar-refractivity contribution in [1.82, 2.24) is 5.32 Å². The molecule has 0 atom stereocenters. The van der Waals surface area contributed by atoms with Gasteiger partial charge in [-0.1, -0.05) is 41.4 Å². The number of hydrogen-bond acceptors (Lipinski definition) is 5. The second kappa shape index (κ2) is 9.62. The lowest BCUT2D eigenvalue weighted by Crippen LogP contribution is -2.34. The van der Waals surface area contributed by atoms with Crippen LogP contribution < -0.4 is 21.0 Å². The second-order valence-corrected chi connectivity index (χ2v) is 8.16. The zero-order valence-corrected chi connectivity index (χ0v) is 19.5. The van der Waals surface area contributed by atoms with E-state index >= 15 is 0 Å². The summed E-state index contributed by atoms with van der Waals surface area (Å²) in [6.45, 7) is 0. The standard InChI is InChI=1S/C24H16Cl2N2O4S/c1-31-21-12-15(27-24(33)28-22(29)14-6-9-18(25)19(26)11-14)7-8-16(21)17-10-13-4-2-3-5-20(13)32-23(17)30/h2-12H,1H3,(H2,27,28,29,33). The normalized spacial score (nSPS) is 10.6. The van der Waals surface area contributed by atoms with Crippen molar-refractivity contribution in [2.75, 3.05) is 12.4 Å². The van der Waals surface area contributed by atoms with Crippen LogP contribution in [0.25, 0.3) is 22.1 Å². The van der Waals surface area contributed by atoms with E-state index in [0.29, 0.717) is 38.7 Å². The minimum absolute atomic E-state index is 0.0751. The molecule has 0 saturated heterocycles. The molecule has 1 heterocycles. The summed E-state index contributed by atoms with van der Waals surface area (Å²) in [5, 5.41) is 6.99. The summed E-state index contributed by atoms with van der Waals surface area (Å²) in [6, 6.07) is 18.6. The number of anilines is 1. The monoisotopic (exact) mass is 498 g/mol. The van der Waals surface area contributed by atoms with Crippen LogP contribution in [0.5, 0.6) is 5.75 Å². The molecule has 9 heteroatoms. The highest BCUT2D eigenvalue weighted by atomic mass is 35.5. The molecule has 0 radical (unpaired) electrons. The zero-order valence-electron chi connectivity index (χ0n) is 17.1. The summed E-state index contributed by atoms with van der Waals surface area (Å²) in [6.07, 6.45) is 0. The van der Waals surface area contributed by atoms with E-state index in [4.69, 9.17) is 44.6 Å². The van der Waals surface area contributed by atoms with Gasteiger partial charge in [0.2, 0.25) is 0 Å². The Morgan fingerprint density at radius 3 is 2.52 bits per heavy atom. The number of para-hydroxylation sites is 1. The molecule has 33 heavy (non-hydrogen) atoms. The average molecular weight is 499 g/mol. The number of thiocarbonyl (C=S) groups is 1. The van der Waals surface area contributed by atoms with Gasteiger partial charge in [-0.15, -0.1) is 0 Å². The van der Waals surface area contributed by atoms with Gasteiger partial charge < -0.3 is 14.5 Å². The summed E-state index contributed by atoms with van der Waals surface area (Å²) in [7, 11) is 1.50. The molecular formula is C24H16Cl2N2O4S. The topological polar surface area (TPSA) is 80.6 Å². The summed E-state index contributed by atoms with van der Waals surface area (Å²) < 4.78 is 10.9. The van der Waals surface area contributed by atoms with Gasteiger partial charge in [0.05, 0.1) is 22.7 Å². The Morgan fingerprint density at radius 2 is 1.76 bits per heavy atom. The predicted octanol–water partition coefficient (Wildman–Crippen LogP) is 5.90. The van der Waals surface area contributed by atoms with Gasteiger partial charge in [-0.2, -0.15) is 0 Å². The van der Waals surface area contributed by atoms with E-state index in [-0.39, 0.29) is 10.1 Å². The van der Waals surface area contributed by atoms with Crippen LogP contribution >= 0.6 is 35.4 Å². The minimum Gasteiger partial charge on any atom is -0.496 e. The molecular weight excluding hydrogens is 483 g/mol. The first-order chi connectivity index (χ1) is 15.9. The number of carbonyl (C=O) groups is 1. The molecule has 6 nitrogen and oxygen atoms in total. The van der Waals surface area contributed by atoms with E-state index < -0.39 is 11.5 Å². The quantitative estimate of drug-likeness (QED) is 0.269. The molecule has 2 N–H and O–H groups in total. The Hall–Kier alpha value is -3.39. The second-order valence-electron chi connectivity index (χ2n) is 6.94. The van der Waals surface area contributed by atoms with Gasteiger partial charge in [0.1, 0.15) is 11.3 Å². The molecule has 1 amide bonds. The third-order valence-corrected chi connectivity index (χ3v) is 5.74. The van der Waals surface area contributed by atoms with Crippen LogP contribution in [0.2, 0.25) is 10.0 Å².